The summed E-state index contributed by atoms with van der Waals surface area (Å²) in [5.41, 5.74) is 3.84. The average molecular weight is 325 g/mol. The SMILES string of the molecule is Cc1nc(C)c(C(C)n2c(C)cc(C(=O)C(C)Cl)c2C)s1. The van der Waals surface area contributed by atoms with Gasteiger partial charge in [-0.15, -0.1) is 22.9 Å². The lowest BCUT2D eigenvalue weighted by atomic mass is 10.1. The molecule has 0 fully saturated rings. The van der Waals surface area contributed by atoms with E-state index in [-0.39, 0.29) is 11.8 Å². The number of halogens is 1. The Morgan fingerprint density at radius 3 is 2.38 bits per heavy atom. The fraction of sp³-hybridized carbons (Fsp3) is 0.500. The first-order valence-electron chi connectivity index (χ1n) is 7.04. The lowest BCUT2D eigenvalue weighted by molar-refractivity contribution is 0.0991. The van der Waals surface area contributed by atoms with Crippen molar-refractivity contribution in [2.24, 2.45) is 0 Å². The third kappa shape index (κ3) is 2.92. The maximum absolute atomic E-state index is 12.2. The first-order chi connectivity index (χ1) is 9.73. The second-order valence-corrected chi connectivity index (χ2v) is 7.38. The normalized spacial score (nSPS) is 14.2. The maximum Gasteiger partial charge on any atom is 0.182 e. The van der Waals surface area contributed by atoms with Gasteiger partial charge >= 0.3 is 0 Å². The number of thiazole rings is 1. The highest BCUT2D eigenvalue weighted by atomic mass is 35.5. The Bertz CT molecular complexity index is 685. The van der Waals surface area contributed by atoms with Crippen molar-refractivity contribution in [3.63, 3.8) is 0 Å². The monoisotopic (exact) mass is 324 g/mol. The molecule has 0 aliphatic rings. The van der Waals surface area contributed by atoms with Crippen LogP contribution in [-0.2, 0) is 0 Å². The Labute approximate surface area is 135 Å². The molecule has 0 aromatic carbocycles. The Hall–Kier alpha value is -1.13. The first-order valence-corrected chi connectivity index (χ1v) is 8.30. The van der Waals surface area contributed by atoms with Crippen molar-refractivity contribution < 1.29 is 4.79 Å². The van der Waals surface area contributed by atoms with Crippen LogP contribution in [-0.4, -0.2) is 20.7 Å². The van der Waals surface area contributed by atoms with Crippen molar-refractivity contribution in [3.8, 4) is 0 Å². The summed E-state index contributed by atoms with van der Waals surface area (Å²) in [5, 5.41) is 0.573. The van der Waals surface area contributed by atoms with Gasteiger partial charge in [-0.1, -0.05) is 0 Å². The van der Waals surface area contributed by atoms with E-state index in [1.54, 1.807) is 18.3 Å². The zero-order valence-corrected chi connectivity index (χ0v) is 14.9. The van der Waals surface area contributed by atoms with Gasteiger partial charge in [0, 0.05) is 17.0 Å². The van der Waals surface area contributed by atoms with Crippen molar-refractivity contribution >= 4 is 28.7 Å². The summed E-state index contributed by atoms with van der Waals surface area (Å²) >= 11 is 7.67. The second kappa shape index (κ2) is 5.93. The van der Waals surface area contributed by atoms with Crippen LogP contribution >= 0.6 is 22.9 Å². The molecule has 0 aliphatic carbocycles. The summed E-state index contributed by atoms with van der Waals surface area (Å²) in [6.07, 6.45) is 0. The van der Waals surface area contributed by atoms with Gasteiger partial charge in [0.25, 0.3) is 0 Å². The standard InChI is InChI=1S/C16H21ClN2OS/c1-8-7-14(15(20)9(2)17)11(4)19(8)12(5)16-10(3)18-13(6)21-16/h7,9,12H,1-6H3. The molecule has 0 N–H and O–H groups in total. The van der Waals surface area contributed by atoms with Gasteiger partial charge in [0.15, 0.2) is 5.78 Å². The molecule has 2 unspecified atom stereocenters. The minimum Gasteiger partial charge on any atom is -0.340 e. The minimum absolute atomic E-state index is 0.0135. The number of hydrogen-bond donors (Lipinski definition) is 0. The van der Waals surface area contributed by atoms with E-state index in [9.17, 15) is 4.79 Å². The highest BCUT2D eigenvalue weighted by Gasteiger charge is 2.23. The van der Waals surface area contributed by atoms with Crippen LogP contribution in [0.2, 0.25) is 0 Å². The summed E-state index contributed by atoms with van der Waals surface area (Å²) in [7, 11) is 0. The molecule has 0 spiro atoms. The highest BCUT2D eigenvalue weighted by molar-refractivity contribution is 7.11. The zero-order chi connectivity index (χ0) is 15.9. The molecular weight excluding hydrogens is 304 g/mol. The molecule has 2 aromatic rings. The van der Waals surface area contributed by atoms with Gasteiger partial charge in [-0.25, -0.2) is 4.98 Å². The van der Waals surface area contributed by atoms with Gasteiger partial charge in [-0.2, -0.15) is 0 Å². The predicted molar refractivity (Wildman–Crippen MR) is 89.0 cm³/mol. The Morgan fingerprint density at radius 1 is 1.29 bits per heavy atom. The largest absolute Gasteiger partial charge is 0.340 e. The summed E-state index contributed by atoms with van der Waals surface area (Å²) in [5.74, 6) is -0.0135. The number of aromatic nitrogens is 2. The van der Waals surface area contributed by atoms with E-state index in [1.165, 1.54) is 4.88 Å². The van der Waals surface area contributed by atoms with Crippen LogP contribution in [0.15, 0.2) is 6.07 Å². The van der Waals surface area contributed by atoms with Crippen LogP contribution in [0.4, 0.5) is 0 Å². The number of aryl methyl sites for hydroxylation is 3. The smallest absolute Gasteiger partial charge is 0.182 e. The fourth-order valence-corrected chi connectivity index (χ4v) is 3.98. The number of alkyl halides is 1. The lowest BCUT2D eigenvalue weighted by Crippen LogP contribution is -2.14. The topological polar surface area (TPSA) is 34.9 Å². The Morgan fingerprint density at radius 2 is 1.90 bits per heavy atom. The van der Waals surface area contributed by atoms with Gasteiger partial charge in [-0.05, 0) is 47.6 Å². The Kier molecular flexibility index (Phi) is 4.59. The quantitative estimate of drug-likeness (QED) is 0.608. The predicted octanol–water partition coefficient (Wildman–Crippen LogP) is 4.60. The van der Waals surface area contributed by atoms with E-state index < -0.39 is 5.38 Å². The lowest BCUT2D eigenvalue weighted by Gasteiger charge is -2.18. The molecule has 0 bridgehead atoms. The van der Waals surface area contributed by atoms with E-state index in [2.05, 4.69) is 16.5 Å². The maximum atomic E-state index is 12.2. The third-order valence-corrected chi connectivity index (χ3v) is 5.26. The number of carbonyl (C=O) groups excluding carboxylic acids is 1. The van der Waals surface area contributed by atoms with Gasteiger partial charge in [0.05, 0.1) is 27.0 Å². The zero-order valence-electron chi connectivity index (χ0n) is 13.3. The van der Waals surface area contributed by atoms with Gasteiger partial charge in [-0.3, -0.25) is 4.79 Å². The van der Waals surface area contributed by atoms with Crippen LogP contribution in [0.3, 0.4) is 0 Å². The molecule has 0 aliphatic heterocycles. The number of Topliss-reactive ketones (excluding diaryl/α,β-unsaturated/α-hetero) is 1. The van der Waals surface area contributed by atoms with Gasteiger partial charge in [0.1, 0.15) is 0 Å². The summed E-state index contributed by atoms with van der Waals surface area (Å²) in [6, 6.07) is 2.11. The van der Waals surface area contributed by atoms with E-state index in [0.29, 0.717) is 0 Å². The van der Waals surface area contributed by atoms with Gasteiger partial charge < -0.3 is 4.57 Å². The van der Waals surface area contributed by atoms with Crippen LogP contribution in [0, 0.1) is 27.7 Å². The molecule has 114 valence electrons. The number of ketones is 1. The molecule has 0 saturated heterocycles. The summed E-state index contributed by atoms with van der Waals surface area (Å²) in [6.45, 7) is 11.9. The van der Waals surface area contributed by atoms with Crippen molar-refractivity contribution in [2.75, 3.05) is 0 Å². The van der Waals surface area contributed by atoms with Crippen LogP contribution in [0.1, 0.15) is 57.2 Å². The molecule has 3 nitrogen and oxygen atoms in total. The number of carbonyl (C=O) groups is 1. The summed E-state index contributed by atoms with van der Waals surface area (Å²) < 4.78 is 2.20. The minimum atomic E-state index is -0.498. The molecule has 0 amide bonds. The summed E-state index contributed by atoms with van der Waals surface area (Å²) in [4.78, 5) is 18.0. The van der Waals surface area contributed by atoms with E-state index in [4.69, 9.17) is 11.6 Å². The molecule has 2 atom stereocenters. The average Bonchev–Trinajstić information content (AvgIpc) is 2.87. The molecule has 2 heterocycles. The Balaban J connectivity index is 2.50. The van der Waals surface area contributed by atoms with Crippen LogP contribution < -0.4 is 0 Å². The first kappa shape index (κ1) is 16.2. The number of nitrogens with zero attached hydrogens (tertiary/aromatic N) is 2. The molecule has 5 heteroatoms. The highest BCUT2D eigenvalue weighted by Crippen LogP contribution is 2.31. The molecule has 0 radical (unpaired) electrons. The van der Waals surface area contributed by atoms with E-state index >= 15 is 0 Å². The molecule has 21 heavy (non-hydrogen) atoms. The molecular formula is C16H21ClN2OS. The number of hydrogen-bond acceptors (Lipinski definition) is 3. The van der Waals surface area contributed by atoms with E-state index in [0.717, 1.165) is 27.7 Å². The van der Waals surface area contributed by atoms with Crippen LogP contribution in [0.5, 0.6) is 0 Å². The van der Waals surface area contributed by atoms with Crippen molar-refractivity contribution in [1.29, 1.82) is 0 Å². The molecule has 2 rings (SSSR count). The van der Waals surface area contributed by atoms with E-state index in [1.807, 2.05) is 33.8 Å². The van der Waals surface area contributed by atoms with Crippen LogP contribution in [0.25, 0.3) is 0 Å². The number of rotatable bonds is 4. The van der Waals surface area contributed by atoms with Crippen molar-refractivity contribution in [1.82, 2.24) is 9.55 Å². The fourth-order valence-electron chi connectivity index (χ4n) is 2.89. The molecule has 0 saturated carbocycles. The second-order valence-electron chi connectivity index (χ2n) is 5.49. The van der Waals surface area contributed by atoms with Crippen molar-refractivity contribution in [3.05, 3.63) is 38.6 Å². The third-order valence-electron chi connectivity index (χ3n) is 3.82. The molecule has 2 aromatic heterocycles. The van der Waals surface area contributed by atoms with Crippen molar-refractivity contribution in [2.45, 2.75) is 53.0 Å². The van der Waals surface area contributed by atoms with Gasteiger partial charge in [0.2, 0.25) is 0 Å².